The molecule has 128 valence electrons. The summed E-state index contributed by atoms with van der Waals surface area (Å²) in [6, 6.07) is 9.56. The zero-order valence-corrected chi connectivity index (χ0v) is 14.8. The number of amides is 1. The lowest BCUT2D eigenvalue weighted by Crippen LogP contribution is -2.15. The van der Waals surface area contributed by atoms with Gasteiger partial charge in [0.2, 0.25) is 0 Å². The smallest absolute Gasteiger partial charge is 0.274 e. The van der Waals surface area contributed by atoms with Crippen LogP contribution in [-0.2, 0) is 0 Å². The molecule has 0 saturated heterocycles. The normalized spacial score (nSPS) is 10.9. The zero-order valence-electron chi connectivity index (χ0n) is 14.8. The molecule has 0 spiro atoms. The molecule has 2 rings (SSSR count). The monoisotopic (exact) mass is 326 g/mol. The molecular formula is C19H26N4O. The van der Waals surface area contributed by atoms with Crippen molar-refractivity contribution in [1.29, 1.82) is 0 Å². The summed E-state index contributed by atoms with van der Waals surface area (Å²) in [7, 11) is 0. The van der Waals surface area contributed by atoms with E-state index in [-0.39, 0.29) is 5.91 Å². The molecule has 0 aliphatic carbocycles. The third-order valence-electron chi connectivity index (χ3n) is 3.76. The summed E-state index contributed by atoms with van der Waals surface area (Å²) < 4.78 is 0. The van der Waals surface area contributed by atoms with Crippen LogP contribution in [0.2, 0.25) is 0 Å². The predicted octanol–water partition coefficient (Wildman–Crippen LogP) is 4.31. The average molecular weight is 326 g/mol. The van der Waals surface area contributed by atoms with Crippen LogP contribution in [0.3, 0.4) is 0 Å². The van der Waals surface area contributed by atoms with Gasteiger partial charge in [-0.2, -0.15) is 0 Å². The molecule has 0 bridgehead atoms. The third-order valence-corrected chi connectivity index (χ3v) is 3.76. The van der Waals surface area contributed by atoms with Crippen molar-refractivity contribution in [2.45, 2.75) is 40.0 Å². The summed E-state index contributed by atoms with van der Waals surface area (Å²) in [5.74, 6) is 1.53. The first-order valence-corrected chi connectivity index (χ1v) is 8.43. The molecule has 5 nitrogen and oxygen atoms in total. The maximum absolute atomic E-state index is 12.3. The van der Waals surface area contributed by atoms with Crippen LogP contribution in [0, 0.1) is 5.92 Å². The number of carbonyl (C=O) groups is 1. The largest absolute Gasteiger partial charge is 0.370 e. The van der Waals surface area contributed by atoms with Crippen molar-refractivity contribution in [3.63, 3.8) is 0 Å². The Morgan fingerprint density at radius 2 is 1.79 bits per heavy atom. The molecule has 0 atom stereocenters. The van der Waals surface area contributed by atoms with Crippen molar-refractivity contribution >= 4 is 17.4 Å². The number of rotatable bonds is 7. The highest BCUT2D eigenvalue weighted by molar-refractivity contribution is 6.03. The van der Waals surface area contributed by atoms with Gasteiger partial charge < -0.3 is 10.6 Å². The number of carbonyl (C=O) groups excluding carboxylic acids is 1. The Hall–Kier alpha value is -2.43. The van der Waals surface area contributed by atoms with Gasteiger partial charge in [0.15, 0.2) is 0 Å². The summed E-state index contributed by atoms with van der Waals surface area (Å²) in [5, 5.41) is 6.09. The number of aromatic nitrogens is 2. The van der Waals surface area contributed by atoms with Crippen molar-refractivity contribution < 1.29 is 4.79 Å². The topological polar surface area (TPSA) is 66.9 Å². The highest BCUT2D eigenvalue weighted by atomic mass is 16.1. The highest BCUT2D eigenvalue weighted by Crippen LogP contribution is 2.17. The van der Waals surface area contributed by atoms with Crippen molar-refractivity contribution in [2.75, 3.05) is 17.2 Å². The third kappa shape index (κ3) is 5.33. The SMILES string of the molecule is CC(C)CCNc1cc(C(=O)Nc2ccc(C(C)C)cc2)ncn1. The minimum absolute atomic E-state index is 0.235. The van der Waals surface area contributed by atoms with Gasteiger partial charge in [-0.15, -0.1) is 0 Å². The van der Waals surface area contributed by atoms with E-state index in [0.29, 0.717) is 23.3 Å². The molecule has 1 heterocycles. The lowest BCUT2D eigenvalue weighted by atomic mass is 10.0. The maximum atomic E-state index is 12.3. The van der Waals surface area contributed by atoms with E-state index in [1.807, 2.05) is 24.3 Å². The van der Waals surface area contributed by atoms with Gasteiger partial charge in [-0.05, 0) is 36.0 Å². The van der Waals surface area contributed by atoms with Crippen molar-refractivity contribution in [1.82, 2.24) is 9.97 Å². The molecule has 0 fully saturated rings. The van der Waals surface area contributed by atoms with E-state index in [1.165, 1.54) is 11.9 Å². The first-order valence-electron chi connectivity index (χ1n) is 8.43. The van der Waals surface area contributed by atoms with Gasteiger partial charge >= 0.3 is 0 Å². The Balaban J connectivity index is 1.99. The van der Waals surface area contributed by atoms with Gasteiger partial charge in [-0.1, -0.05) is 39.8 Å². The molecule has 0 radical (unpaired) electrons. The van der Waals surface area contributed by atoms with Crippen LogP contribution in [0.5, 0.6) is 0 Å². The fraction of sp³-hybridized carbons (Fsp3) is 0.421. The van der Waals surface area contributed by atoms with Crippen molar-refractivity contribution in [3.05, 3.63) is 47.9 Å². The van der Waals surface area contributed by atoms with E-state index in [0.717, 1.165) is 18.7 Å². The quantitative estimate of drug-likeness (QED) is 0.795. The van der Waals surface area contributed by atoms with Crippen molar-refractivity contribution in [2.24, 2.45) is 5.92 Å². The Morgan fingerprint density at radius 3 is 2.42 bits per heavy atom. The first-order chi connectivity index (χ1) is 11.5. The molecule has 2 aromatic rings. The van der Waals surface area contributed by atoms with Crippen LogP contribution in [0.15, 0.2) is 36.7 Å². The number of hydrogen-bond donors (Lipinski definition) is 2. The summed E-state index contributed by atoms with van der Waals surface area (Å²) in [5.41, 5.74) is 2.36. The van der Waals surface area contributed by atoms with E-state index < -0.39 is 0 Å². The van der Waals surface area contributed by atoms with Gasteiger partial charge in [0.1, 0.15) is 17.8 Å². The van der Waals surface area contributed by atoms with Gasteiger partial charge in [0.25, 0.3) is 5.91 Å². The Labute approximate surface area is 143 Å². The van der Waals surface area contributed by atoms with Crippen LogP contribution in [-0.4, -0.2) is 22.4 Å². The lowest BCUT2D eigenvalue weighted by molar-refractivity contribution is 0.102. The van der Waals surface area contributed by atoms with Crippen LogP contribution >= 0.6 is 0 Å². The number of hydrogen-bond acceptors (Lipinski definition) is 4. The highest BCUT2D eigenvalue weighted by Gasteiger charge is 2.09. The zero-order chi connectivity index (χ0) is 17.5. The van der Waals surface area contributed by atoms with Crippen LogP contribution in [0.4, 0.5) is 11.5 Å². The summed E-state index contributed by atoms with van der Waals surface area (Å²) in [4.78, 5) is 20.6. The molecule has 1 amide bonds. The van der Waals surface area contributed by atoms with E-state index in [1.54, 1.807) is 6.07 Å². The second-order valence-corrected chi connectivity index (χ2v) is 6.63. The molecule has 0 aliphatic heterocycles. The molecule has 1 aromatic carbocycles. The molecule has 2 N–H and O–H groups in total. The first kappa shape index (κ1) is 17.9. The minimum atomic E-state index is -0.235. The second-order valence-electron chi connectivity index (χ2n) is 6.63. The van der Waals surface area contributed by atoms with Crippen LogP contribution in [0.1, 0.15) is 56.1 Å². The predicted molar refractivity (Wildman–Crippen MR) is 98.5 cm³/mol. The number of nitrogens with one attached hydrogen (secondary N) is 2. The fourth-order valence-electron chi connectivity index (χ4n) is 2.21. The van der Waals surface area contributed by atoms with E-state index >= 15 is 0 Å². The molecule has 1 aromatic heterocycles. The maximum Gasteiger partial charge on any atom is 0.274 e. The van der Waals surface area contributed by atoms with Crippen molar-refractivity contribution in [3.8, 4) is 0 Å². The number of anilines is 2. The lowest BCUT2D eigenvalue weighted by Gasteiger charge is -2.10. The van der Waals surface area contributed by atoms with Gasteiger partial charge in [0.05, 0.1) is 0 Å². The molecule has 0 aliphatic rings. The van der Waals surface area contributed by atoms with Crippen LogP contribution < -0.4 is 10.6 Å². The van der Waals surface area contributed by atoms with Gasteiger partial charge in [-0.25, -0.2) is 9.97 Å². The number of nitrogens with zero attached hydrogens (tertiary/aromatic N) is 2. The fourth-order valence-corrected chi connectivity index (χ4v) is 2.21. The average Bonchev–Trinajstić information content (AvgIpc) is 2.55. The molecule has 24 heavy (non-hydrogen) atoms. The summed E-state index contributed by atoms with van der Waals surface area (Å²) >= 11 is 0. The molecular weight excluding hydrogens is 300 g/mol. The standard InChI is InChI=1S/C19H26N4O/c1-13(2)9-10-20-18-11-17(21-12-22-18)19(24)23-16-7-5-15(6-8-16)14(3)4/h5-8,11-14H,9-10H2,1-4H3,(H,23,24)(H,20,21,22). The molecule has 0 unspecified atom stereocenters. The minimum Gasteiger partial charge on any atom is -0.370 e. The Morgan fingerprint density at radius 1 is 1.08 bits per heavy atom. The second kappa shape index (κ2) is 8.43. The Kier molecular flexibility index (Phi) is 6.29. The van der Waals surface area contributed by atoms with Crippen LogP contribution in [0.25, 0.3) is 0 Å². The van der Waals surface area contributed by atoms with Gasteiger partial charge in [-0.3, -0.25) is 4.79 Å². The molecule has 5 heteroatoms. The van der Waals surface area contributed by atoms with E-state index in [9.17, 15) is 4.79 Å². The Bertz CT molecular complexity index is 665. The molecule has 0 saturated carbocycles. The summed E-state index contributed by atoms with van der Waals surface area (Å²) in [6.07, 6.45) is 2.46. The van der Waals surface area contributed by atoms with E-state index in [4.69, 9.17) is 0 Å². The summed E-state index contributed by atoms with van der Waals surface area (Å²) in [6.45, 7) is 9.45. The number of benzene rings is 1. The van der Waals surface area contributed by atoms with Gasteiger partial charge in [0, 0.05) is 18.3 Å². The van der Waals surface area contributed by atoms with E-state index in [2.05, 4.69) is 48.3 Å².